The van der Waals surface area contributed by atoms with Gasteiger partial charge in [-0.1, -0.05) is 24.3 Å². The summed E-state index contributed by atoms with van der Waals surface area (Å²) in [7, 11) is 1.39. The molecule has 7 heteroatoms. The van der Waals surface area contributed by atoms with Crippen molar-refractivity contribution in [1.29, 1.82) is 5.26 Å². The minimum absolute atomic E-state index is 0.0389. The largest absolute Gasteiger partial charge is 0.494 e. The molecule has 1 fully saturated rings. The van der Waals surface area contributed by atoms with Crippen molar-refractivity contribution in [3.05, 3.63) is 83.7 Å². The second-order valence-electron chi connectivity index (χ2n) is 7.14. The van der Waals surface area contributed by atoms with E-state index in [1.165, 1.54) is 25.3 Å². The number of methoxy groups -OCH3 is 1. The van der Waals surface area contributed by atoms with Gasteiger partial charge in [0.1, 0.15) is 11.4 Å². The van der Waals surface area contributed by atoms with Gasteiger partial charge < -0.3 is 14.4 Å². The molecule has 0 atom stereocenters. The molecule has 0 saturated carbocycles. The highest BCUT2D eigenvalue weighted by molar-refractivity contribution is 5.65. The standard InChI is InChI=1S/C23H19F2N3O2/c1-29-22-7-6-17(10-21(22)25)16-4-5-18(20(24)9-16)12-30-23(13-28(14-23)15-26)19-3-2-8-27-11-19/h2-11H,12-14H2,1H3. The molecule has 0 N–H and O–H groups in total. The summed E-state index contributed by atoms with van der Waals surface area (Å²) in [5, 5.41) is 9.10. The monoisotopic (exact) mass is 407 g/mol. The van der Waals surface area contributed by atoms with Crippen LogP contribution in [-0.2, 0) is 16.9 Å². The molecule has 0 radical (unpaired) electrons. The van der Waals surface area contributed by atoms with E-state index in [0.29, 0.717) is 29.8 Å². The number of hydrogen-bond donors (Lipinski definition) is 0. The average molecular weight is 407 g/mol. The zero-order valence-corrected chi connectivity index (χ0v) is 16.3. The Hall–Kier alpha value is -3.50. The number of aromatic nitrogens is 1. The molecule has 2 aromatic carbocycles. The summed E-state index contributed by atoms with van der Waals surface area (Å²) < 4.78 is 39.7. The number of halogens is 2. The first kappa shape index (κ1) is 19.8. The molecule has 5 nitrogen and oxygen atoms in total. The molecule has 0 unspecified atom stereocenters. The van der Waals surface area contributed by atoms with Gasteiger partial charge >= 0.3 is 0 Å². The Bertz CT molecular complexity index is 1090. The lowest BCUT2D eigenvalue weighted by Crippen LogP contribution is -2.58. The number of nitrogens with zero attached hydrogens (tertiary/aromatic N) is 3. The van der Waals surface area contributed by atoms with Gasteiger partial charge in [-0.25, -0.2) is 8.78 Å². The van der Waals surface area contributed by atoms with Gasteiger partial charge in [0.05, 0.1) is 26.8 Å². The van der Waals surface area contributed by atoms with Crippen LogP contribution < -0.4 is 4.74 Å². The molecular formula is C23H19F2N3O2. The van der Waals surface area contributed by atoms with Crippen molar-refractivity contribution >= 4 is 0 Å². The molecule has 0 bridgehead atoms. The molecule has 0 spiro atoms. The number of hydrogen-bond acceptors (Lipinski definition) is 5. The molecule has 2 heterocycles. The molecule has 152 valence electrons. The Labute approximate surface area is 173 Å². The van der Waals surface area contributed by atoms with Crippen molar-refractivity contribution in [2.45, 2.75) is 12.2 Å². The first-order chi connectivity index (χ1) is 14.5. The highest BCUT2D eigenvalue weighted by Crippen LogP contribution is 2.36. The fraction of sp³-hybridized carbons (Fsp3) is 0.217. The molecule has 0 aliphatic carbocycles. The van der Waals surface area contributed by atoms with Crippen molar-refractivity contribution in [2.75, 3.05) is 20.2 Å². The van der Waals surface area contributed by atoms with Crippen LogP contribution in [0.2, 0.25) is 0 Å². The molecular weight excluding hydrogens is 388 g/mol. The molecule has 1 aliphatic rings. The van der Waals surface area contributed by atoms with Gasteiger partial charge in [-0.2, -0.15) is 5.26 Å². The molecule has 1 saturated heterocycles. The van der Waals surface area contributed by atoms with Crippen molar-refractivity contribution in [3.63, 3.8) is 0 Å². The van der Waals surface area contributed by atoms with E-state index in [0.717, 1.165) is 5.56 Å². The van der Waals surface area contributed by atoms with Crippen LogP contribution in [0.3, 0.4) is 0 Å². The lowest BCUT2D eigenvalue weighted by molar-refractivity contribution is -0.141. The number of benzene rings is 2. The van der Waals surface area contributed by atoms with Gasteiger partial charge in [-0.15, -0.1) is 0 Å². The second kappa shape index (κ2) is 8.09. The molecule has 1 aromatic heterocycles. The number of nitriles is 1. The van der Waals surface area contributed by atoms with Gasteiger partial charge in [-0.3, -0.25) is 4.98 Å². The van der Waals surface area contributed by atoms with Crippen LogP contribution in [0.25, 0.3) is 11.1 Å². The van der Waals surface area contributed by atoms with Crippen molar-refractivity contribution in [1.82, 2.24) is 9.88 Å². The number of rotatable bonds is 6. The summed E-state index contributed by atoms with van der Waals surface area (Å²) in [5.41, 5.74) is 1.64. The molecule has 4 rings (SSSR count). The van der Waals surface area contributed by atoms with E-state index in [2.05, 4.69) is 11.2 Å². The fourth-order valence-electron chi connectivity index (χ4n) is 3.54. The zero-order valence-electron chi connectivity index (χ0n) is 16.3. The van der Waals surface area contributed by atoms with Gasteiger partial charge in [0.15, 0.2) is 17.8 Å². The van der Waals surface area contributed by atoms with E-state index in [1.807, 2.05) is 6.07 Å². The highest BCUT2D eigenvalue weighted by atomic mass is 19.1. The molecule has 1 aliphatic heterocycles. The van der Waals surface area contributed by atoms with E-state index in [1.54, 1.807) is 41.6 Å². The summed E-state index contributed by atoms with van der Waals surface area (Å²) in [6.07, 6.45) is 5.46. The van der Waals surface area contributed by atoms with Crippen molar-refractivity contribution < 1.29 is 18.3 Å². The van der Waals surface area contributed by atoms with Crippen LogP contribution >= 0.6 is 0 Å². The molecule has 30 heavy (non-hydrogen) atoms. The summed E-state index contributed by atoms with van der Waals surface area (Å²) in [6.45, 7) is 0.817. The summed E-state index contributed by atoms with van der Waals surface area (Å²) in [4.78, 5) is 5.70. The molecule has 0 amide bonds. The van der Waals surface area contributed by atoms with Crippen LogP contribution in [0.4, 0.5) is 8.78 Å². The number of likely N-dealkylation sites (tertiary alicyclic amines) is 1. The first-order valence-electron chi connectivity index (χ1n) is 9.36. The van der Waals surface area contributed by atoms with E-state index in [-0.39, 0.29) is 12.4 Å². The Morgan fingerprint density at radius 2 is 1.83 bits per heavy atom. The van der Waals surface area contributed by atoms with Gasteiger partial charge in [0, 0.05) is 23.5 Å². The van der Waals surface area contributed by atoms with Crippen LogP contribution in [0, 0.1) is 23.1 Å². The lowest BCUT2D eigenvalue weighted by Gasteiger charge is -2.47. The summed E-state index contributed by atoms with van der Waals surface area (Å²) >= 11 is 0. The van der Waals surface area contributed by atoms with E-state index in [9.17, 15) is 8.78 Å². The van der Waals surface area contributed by atoms with Gasteiger partial charge in [0.2, 0.25) is 0 Å². The third kappa shape index (κ3) is 3.70. The summed E-state index contributed by atoms with van der Waals surface area (Å²) in [6, 6.07) is 12.9. The minimum Gasteiger partial charge on any atom is -0.494 e. The second-order valence-corrected chi connectivity index (χ2v) is 7.14. The van der Waals surface area contributed by atoms with Crippen LogP contribution in [0.1, 0.15) is 11.1 Å². The third-order valence-corrected chi connectivity index (χ3v) is 5.26. The van der Waals surface area contributed by atoms with Gasteiger partial charge in [-0.05, 0) is 35.4 Å². The van der Waals surface area contributed by atoms with E-state index >= 15 is 0 Å². The van der Waals surface area contributed by atoms with Crippen molar-refractivity contribution in [3.8, 4) is 23.1 Å². The topological polar surface area (TPSA) is 58.4 Å². The minimum atomic E-state index is -0.700. The zero-order chi connectivity index (χ0) is 21.1. The van der Waals surface area contributed by atoms with E-state index in [4.69, 9.17) is 14.7 Å². The Kier molecular flexibility index (Phi) is 5.34. The quantitative estimate of drug-likeness (QED) is 0.572. The normalized spacial score (nSPS) is 14.7. The van der Waals surface area contributed by atoms with Crippen molar-refractivity contribution in [2.24, 2.45) is 0 Å². The predicted molar refractivity (Wildman–Crippen MR) is 106 cm³/mol. The third-order valence-electron chi connectivity index (χ3n) is 5.26. The average Bonchev–Trinajstić information content (AvgIpc) is 2.74. The Morgan fingerprint density at radius 1 is 1.10 bits per heavy atom. The predicted octanol–water partition coefficient (Wildman–Crippen LogP) is 4.24. The fourth-order valence-corrected chi connectivity index (χ4v) is 3.54. The number of ether oxygens (including phenoxy) is 2. The van der Waals surface area contributed by atoms with Crippen LogP contribution in [0.15, 0.2) is 60.9 Å². The lowest BCUT2D eigenvalue weighted by atomic mass is 9.87. The highest BCUT2D eigenvalue weighted by Gasteiger charge is 2.46. The SMILES string of the molecule is COc1ccc(-c2ccc(COC3(c4cccnc4)CN(C#N)C3)c(F)c2)cc1F. The van der Waals surface area contributed by atoms with E-state index < -0.39 is 17.2 Å². The van der Waals surface area contributed by atoms with Crippen LogP contribution in [-0.4, -0.2) is 30.1 Å². The maximum absolute atomic E-state index is 14.8. The first-order valence-corrected chi connectivity index (χ1v) is 9.36. The van der Waals surface area contributed by atoms with Crippen LogP contribution in [0.5, 0.6) is 5.75 Å². The maximum atomic E-state index is 14.8. The smallest absolute Gasteiger partial charge is 0.179 e. The van der Waals surface area contributed by atoms with Gasteiger partial charge in [0.25, 0.3) is 0 Å². The molecule has 3 aromatic rings. The Balaban J connectivity index is 1.53. The maximum Gasteiger partial charge on any atom is 0.179 e. The Morgan fingerprint density at radius 3 is 2.43 bits per heavy atom. The number of pyridine rings is 1. The summed E-state index contributed by atoms with van der Waals surface area (Å²) in [5.74, 6) is -0.813.